The van der Waals surface area contributed by atoms with Crippen LogP contribution in [0.1, 0.15) is 88.5 Å². The molecule has 1 aliphatic carbocycles. The van der Waals surface area contributed by atoms with Gasteiger partial charge in [-0.3, -0.25) is 0 Å². The lowest BCUT2D eigenvalue weighted by Crippen LogP contribution is -2.42. The average Bonchev–Trinajstić information content (AvgIpc) is 2.70. The van der Waals surface area contributed by atoms with E-state index in [0.717, 1.165) is 0 Å². The van der Waals surface area contributed by atoms with Crippen LogP contribution in [0, 0.1) is 28.6 Å². The number of hydrogen-bond acceptors (Lipinski definition) is 1. The van der Waals surface area contributed by atoms with Crippen molar-refractivity contribution in [3.8, 4) is 0 Å². The van der Waals surface area contributed by atoms with Gasteiger partial charge in [-0.15, -0.1) is 0 Å². The molecule has 22 heavy (non-hydrogen) atoms. The maximum atomic E-state index is 11.0. The summed E-state index contributed by atoms with van der Waals surface area (Å²) in [5.74, 6) is 2.04. The van der Waals surface area contributed by atoms with E-state index in [1.165, 1.54) is 19.3 Å². The molecule has 0 aromatic rings. The Kier molecular flexibility index (Phi) is 6.24. The standard InChI is InChI=1S/C20H41OP/c1-14(17(18(2,3)4)19(5,6)7)15-12-11-13-16(15)22(21)20(8,9)10/h14-17,21H,11-13H2,1-10H3/t14-,15?,16?,22?/m1/s1. The second kappa shape index (κ2) is 6.72. The predicted octanol–water partition coefficient (Wildman–Crippen LogP) is 6.69. The molecule has 1 saturated carbocycles. The van der Waals surface area contributed by atoms with Crippen molar-refractivity contribution in [2.24, 2.45) is 28.6 Å². The molecular formula is C20H41OP. The third-order valence-electron chi connectivity index (χ3n) is 5.60. The highest BCUT2D eigenvalue weighted by atomic mass is 31.1. The van der Waals surface area contributed by atoms with Crippen LogP contribution in [0.2, 0.25) is 0 Å². The normalized spacial score (nSPS) is 27.3. The van der Waals surface area contributed by atoms with Crippen LogP contribution in [0.4, 0.5) is 0 Å². The Balaban J connectivity index is 3.06. The summed E-state index contributed by atoms with van der Waals surface area (Å²) in [6.45, 7) is 23.5. The van der Waals surface area contributed by atoms with Crippen molar-refractivity contribution < 1.29 is 4.89 Å². The molecule has 0 saturated heterocycles. The first kappa shape index (κ1) is 20.4. The molecule has 0 radical (unpaired) electrons. The molecular weight excluding hydrogens is 287 g/mol. The molecule has 0 amide bonds. The fourth-order valence-corrected chi connectivity index (χ4v) is 7.71. The smallest absolute Gasteiger partial charge is 0.0340 e. The Hall–Kier alpha value is 0.390. The molecule has 0 spiro atoms. The zero-order chi connectivity index (χ0) is 17.5. The van der Waals surface area contributed by atoms with Crippen molar-refractivity contribution in [2.45, 2.75) is 99.3 Å². The van der Waals surface area contributed by atoms with E-state index in [1.54, 1.807) is 0 Å². The lowest BCUT2D eigenvalue weighted by molar-refractivity contribution is 0.0243. The lowest BCUT2D eigenvalue weighted by Gasteiger charge is -2.48. The fourth-order valence-electron chi connectivity index (χ4n) is 5.51. The summed E-state index contributed by atoms with van der Waals surface area (Å²) in [4.78, 5) is 11.0. The monoisotopic (exact) mass is 328 g/mol. The Morgan fingerprint density at radius 3 is 1.68 bits per heavy atom. The maximum Gasteiger partial charge on any atom is 0.0340 e. The van der Waals surface area contributed by atoms with Gasteiger partial charge < -0.3 is 4.89 Å². The van der Waals surface area contributed by atoms with Gasteiger partial charge in [0.25, 0.3) is 0 Å². The maximum absolute atomic E-state index is 11.0. The second-order valence-corrected chi connectivity index (χ2v) is 13.4. The van der Waals surface area contributed by atoms with Crippen molar-refractivity contribution in [3.05, 3.63) is 0 Å². The first-order valence-corrected chi connectivity index (χ1v) is 10.5. The highest BCUT2D eigenvalue weighted by molar-refractivity contribution is 7.54. The highest BCUT2D eigenvalue weighted by Gasteiger charge is 2.47. The Bertz CT molecular complexity index is 341. The van der Waals surface area contributed by atoms with Gasteiger partial charge in [-0.2, -0.15) is 0 Å². The van der Waals surface area contributed by atoms with E-state index >= 15 is 0 Å². The summed E-state index contributed by atoms with van der Waals surface area (Å²) >= 11 is 0. The van der Waals surface area contributed by atoms with E-state index in [9.17, 15) is 4.89 Å². The quantitative estimate of drug-likeness (QED) is 0.572. The van der Waals surface area contributed by atoms with Crippen molar-refractivity contribution in [2.75, 3.05) is 0 Å². The fraction of sp³-hybridized carbons (Fsp3) is 1.00. The molecule has 1 aliphatic rings. The summed E-state index contributed by atoms with van der Waals surface area (Å²) in [6, 6.07) is 0. The van der Waals surface area contributed by atoms with Gasteiger partial charge in [-0.05, 0) is 41.4 Å². The van der Waals surface area contributed by atoms with Gasteiger partial charge in [0.05, 0.1) is 0 Å². The largest absolute Gasteiger partial charge is 0.373 e. The zero-order valence-corrected chi connectivity index (χ0v) is 17.7. The summed E-state index contributed by atoms with van der Waals surface area (Å²) in [6.07, 6.45) is 3.84. The number of hydrogen-bond donors (Lipinski definition) is 1. The van der Waals surface area contributed by atoms with Gasteiger partial charge in [-0.25, -0.2) is 0 Å². The van der Waals surface area contributed by atoms with E-state index in [-0.39, 0.29) is 5.16 Å². The van der Waals surface area contributed by atoms with Gasteiger partial charge in [0, 0.05) is 19.0 Å². The van der Waals surface area contributed by atoms with Crippen LogP contribution in [-0.4, -0.2) is 15.7 Å². The lowest BCUT2D eigenvalue weighted by atomic mass is 9.59. The average molecular weight is 329 g/mol. The van der Waals surface area contributed by atoms with Crippen molar-refractivity contribution in [1.29, 1.82) is 0 Å². The van der Waals surface area contributed by atoms with E-state index in [1.807, 2.05) is 0 Å². The Morgan fingerprint density at radius 2 is 1.32 bits per heavy atom. The minimum Gasteiger partial charge on any atom is -0.373 e. The molecule has 4 atom stereocenters. The second-order valence-electron chi connectivity index (χ2n) is 10.7. The molecule has 1 fully saturated rings. The van der Waals surface area contributed by atoms with Gasteiger partial charge >= 0.3 is 0 Å². The van der Waals surface area contributed by atoms with E-state index in [0.29, 0.717) is 34.2 Å². The van der Waals surface area contributed by atoms with Crippen molar-refractivity contribution in [3.63, 3.8) is 0 Å². The SMILES string of the molecule is C[C@H](C1CCCC1P(O)C(C)(C)C)C(C(C)(C)C)C(C)(C)C. The van der Waals surface area contributed by atoms with Crippen molar-refractivity contribution in [1.82, 2.24) is 0 Å². The topological polar surface area (TPSA) is 20.2 Å². The first-order valence-electron chi connectivity index (χ1n) is 9.15. The molecule has 132 valence electrons. The van der Waals surface area contributed by atoms with Gasteiger partial charge in [-0.1, -0.05) is 75.7 Å². The molecule has 0 aliphatic heterocycles. The minimum atomic E-state index is -0.891. The first-order chi connectivity index (χ1) is 9.67. The van der Waals surface area contributed by atoms with Gasteiger partial charge in [0.2, 0.25) is 0 Å². The van der Waals surface area contributed by atoms with Crippen molar-refractivity contribution >= 4 is 8.15 Å². The van der Waals surface area contributed by atoms with Crippen LogP contribution in [0.25, 0.3) is 0 Å². The third-order valence-corrected chi connectivity index (χ3v) is 8.24. The third kappa shape index (κ3) is 4.70. The molecule has 1 nitrogen and oxygen atoms in total. The van der Waals surface area contributed by atoms with E-state index in [4.69, 9.17) is 0 Å². The summed E-state index contributed by atoms with van der Waals surface area (Å²) in [5.41, 5.74) is 1.16. The van der Waals surface area contributed by atoms with E-state index in [2.05, 4.69) is 69.2 Å². The molecule has 0 bridgehead atoms. The predicted molar refractivity (Wildman–Crippen MR) is 102 cm³/mol. The molecule has 0 aromatic carbocycles. The van der Waals surface area contributed by atoms with Crippen LogP contribution < -0.4 is 0 Å². The summed E-state index contributed by atoms with van der Waals surface area (Å²) in [7, 11) is -0.891. The van der Waals surface area contributed by atoms with Crippen LogP contribution in [0.15, 0.2) is 0 Å². The molecule has 0 heterocycles. The van der Waals surface area contributed by atoms with Gasteiger partial charge in [0.1, 0.15) is 0 Å². The molecule has 1 rings (SSSR count). The number of rotatable bonds is 3. The Morgan fingerprint density at radius 1 is 0.864 bits per heavy atom. The zero-order valence-electron chi connectivity index (χ0n) is 16.8. The molecule has 2 heteroatoms. The van der Waals surface area contributed by atoms with Gasteiger partial charge in [0.15, 0.2) is 0 Å². The highest BCUT2D eigenvalue weighted by Crippen LogP contribution is 2.60. The summed E-state index contributed by atoms with van der Waals surface area (Å²) in [5, 5.41) is 0.0568. The van der Waals surface area contributed by atoms with E-state index < -0.39 is 8.15 Å². The minimum absolute atomic E-state index is 0.0568. The molecule has 3 unspecified atom stereocenters. The molecule has 0 aromatic heterocycles. The van der Waals surface area contributed by atoms with Crippen LogP contribution in [0.3, 0.4) is 0 Å². The van der Waals surface area contributed by atoms with Crippen LogP contribution in [0.5, 0.6) is 0 Å². The van der Waals surface area contributed by atoms with Crippen LogP contribution in [-0.2, 0) is 0 Å². The molecule has 1 N–H and O–H groups in total. The van der Waals surface area contributed by atoms with Crippen LogP contribution >= 0.6 is 8.15 Å². The Labute approximate surface area is 141 Å². The summed E-state index contributed by atoms with van der Waals surface area (Å²) < 4.78 is 0.